The van der Waals surface area contributed by atoms with Crippen LogP contribution in [-0.4, -0.2) is 14.5 Å². The Morgan fingerprint density at radius 3 is 2.00 bits per heavy atom. The number of benzene rings is 1. The van der Waals surface area contributed by atoms with Crippen molar-refractivity contribution in [1.82, 2.24) is 0 Å². The van der Waals surface area contributed by atoms with Gasteiger partial charge in [-0.3, -0.25) is 0 Å². The lowest BCUT2D eigenvalue weighted by Gasteiger charge is -2.20. The van der Waals surface area contributed by atoms with Crippen molar-refractivity contribution in [3.63, 3.8) is 0 Å². The van der Waals surface area contributed by atoms with Crippen LogP contribution in [0.3, 0.4) is 0 Å². The van der Waals surface area contributed by atoms with Crippen LogP contribution in [-0.2, 0) is 0 Å². The van der Waals surface area contributed by atoms with E-state index in [1.165, 1.54) is 0 Å². The molecule has 0 saturated heterocycles. The standard InChI is InChI=1S/C12H18F3NOSi.ClH/c1-18(2,3)17-10-6-4-9(5-7-10)11(16)8-12(13,14)15;/h4-7,11H,8,16H2,1-3H3;1H/t11-;/m1./s1. The van der Waals surface area contributed by atoms with Gasteiger partial charge in [-0.2, -0.15) is 13.2 Å². The second-order valence-electron chi connectivity index (χ2n) is 5.21. The van der Waals surface area contributed by atoms with Crippen molar-refractivity contribution in [2.75, 3.05) is 0 Å². The molecule has 0 spiro atoms. The third-order valence-electron chi connectivity index (χ3n) is 2.18. The second-order valence-corrected chi connectivity index (χ2v) is 9.64. The van der Waals surface area contributed by atoms with Crippen molar-refractivity contribution in [3.05, 3.63) is 29.8 Å². The van der Waals surface area contributed by atoms with Gasteiger partial charge in [0.1, 0.15) is 5.75 Å². The number of hydrogen-bond donors (Lipinski definition) is 1. The Hall–Kier alpha value is -0.723. The predicted molar refractivity (Wildman–Crippen MR) is 75.3 cm³/mol. The molecule has 1 atom stereocenters. The molecule has 1 aromatic carbocycles. The van der Waals surface area contributed by atoms with Crippen molar-refractivity contribution in [3.8, 4) is 5.75 Å². The third kappa shape index (κ3) is 7.44. The Morgan fingerprint density at radius 2 is 1.63 bits per heavy atom. The first-order valence-corrected chi connectivity index (χ1v) is 9.09. The Balaban J connectivity index is 0.00000324. The summed E-state index contributed by atoms with van der Waals surface area (Å²) >= 11 is 0. The van der Waals surface area contributed by atoms with Gasteiger partial charge < -0.3 is 10.2 Å². The van der Waals surface area contributed by atoms with Gasteiger partial charge in [-0.05, 0) is 37.3 Å². The molecule has 1 aromatic rings. The average molecular weight is 314 g/mol. The summed E-state index contributed by atoms with van der Waals surface area (Å²) < 4.78 is 42.3. The van der Waals surface area contributed by atoms with Crippen molar-refractivity contribution < 1.29 is 17.6 Å². The normalized spacial score (nSPS) is 13.6. The summed E-state index contributed by atoms with van der Waals surface area (Å²) in [6.45, 7) is 6.11. The summed E-state index contributed by atoms with van der Waals surface area (Å²) in [5, 5.41) is 0. The Labute approximate surface area is 118 Å². The second kappa shape index (κ2) is 6.63. The Bertz CT molecular complexity index is 389. The molecule has 0 saturated carbocycles. The molecule has 7 heteroatoms. The molecule has 110 valence electrons. The summed E-state index contributed by atoms with van der Waals surface area (Å²) in [5.41, 5.74) is 5.97. The van der Waals surface area contributed by atoms with E-state index in [1.54, 1.807) is 24.3 Å². The van der Waals surface area contributed by atoms with Crippen LogP contribution < -0.4 is 10.2 Å². The van der Waals surface area contributed by atoms with Crippen molar-refractivity contribution in [2.24, 2.45) is 5.73 Å². The Kier molecular flexibility index (Phi) is 6.38. The lowest BCUT2D eigenvalue weighted by molar-refractivity contribution is -0.138. The van der Waals surface area contributed by atoms with Gasteiger partial charge >= 0.3 is 6.18 Å². The van der Waals surface area contributed by atoms with E-state index in [0.717, 1.165) is 0 Å². The number of alkyl halides is 3. The van der Waals surface area contributed by atoms with Crippen LogP contribution in [0.1, 0.15) is 18.0 Å². The smallest absolute Gasteiger partial charge is 0.390 e. The highest BCUT2D eigenvalue weighted by Crippen LogP contribution is 2.28. The molecule has 0 aliphatic heterocycles. The highest BCUT2D eigenvalue weighted by Gasteiger charge is 2.30. The maximum Gasteiger partial charge on any atom is 0.390 e. The molecule has 2 nitrogen and oxygen atoms in total. The van der Waals surface area contributed by atoms with Crippen LogP contribution >= 0.6 is 12.4 Å². The summed E-state index contributed by atoms with van der Waals surface area (Å²) in [6.07, 6.45) is -5.26. The Morgan fingerprint density at radius 1 is 1.16 bits per heavy atom. The molecule has 2 N–H and O–H groups in total. The molecule has 0 amide bonds. The summed E-state index contributed by atoms with van der Waals surface area (Å²) in [6, 6.07) is 5.50. The van der Waals surface area contributed by atoms with Crippen molar-refractivity contribution in [1.29, 1.82) is 0 Å². The van der Waals surface area contributed by atoms with Crippen LogP contribution in [0.25, 0.3) is 0 Å². The van der Waals surface area contributed by atoms with Gasteiger partial charge in [-0.1, -0.05) is 12.1 Å². The fourth-order valence-corrected chi connectivity index (χ4v) is 2.35. The average Bonchev–Trinajstić information content (AvgIpc) is 2.13. The van der Waals surface area contributed by atoms with E-state index in [2.05, 4.69) is 0 Å². The summed E-state index contributed by atoms with van der Waals surface area (Å²) in [4.78, 5) is 0. The summed E-state index contributed by atoms with van der Waals surface area (Å²) in [7, 11) is -1.69. The van der Waals surface area contributed by atoms with Gasteiger partial charge in [0, 0.05) is 6.04 Å². The molecule has 1 rings (SSSR count). The maximum atomic E-state index is 12.2. The molecule has 0 aromatic heterocycles. The van der Waals surface area contributed by atoms with Crippen LogP contribution in [0.15, 0.2) is 24.3 Å². The highest BCUT2D eigenvalue weighted by atomic mass is 35.5. The first-order chi connectivity index (χ1) is 8.07. The number of rotatable bonds is 4. The monoisotopic (exact) mass is 313 g/mol. The van der Waals surface area contributed by atoms with Gasteiger partial charge in [-0.25, -0.2) is 0 Å². The van der Waals surface area contributed by atoms with Crippen molar-refractivity contribution >= 4 is 20.7 Å². The maximum absolute atomic E-state index is 12.2. The molecule has 0 heterocycles. The minimum atomic E-state index is -4.24. The minimum absolute atomic E-state index is 0. The van der Waals surface area contributed by atoms with Gasteiger partial charge in [-0.15, -0.1) is 12.4 Å². The first-order valence-electron chi connectivity index (χ1n) is 5.68. The fourth-order valence-electron chi connectivity index (χ4n) is 1.50. The zero-order valence-electron chi connectivity index (χ0n) is 11.1. The van der Waals surface area contributed by atoms with Crippen molar-refractivity contribution in [2.45, 2.75) is 38.3 Å². The molecule has 0 aliphatic carbocycles. The number of hydrogen-bond acceptors (Lipinski definition) is 2. The lowest BCUT2D eigenvalue weighted by Crippen LogP contribution is -2.29. The lowest BCUT2D eigenvalue weighted by atomic mass is 10.0. The summed E-state index contributed by atoms with van der Waals surface area (Å²) in [5.74, 6) is 0.678. The first kappa shape index (κ1) is 18.3. The number of halogens is 4. The molecular formula is C12H19ClF3NOSi. The van der Waals surface area contributed by atoms with Gasteiger partial charge in [0.05, 0.1) is 6.42 Å². The molecule has 19 heavy (non-hydrogen) atoms. The fraction of sp³-hybridized carbons (Fsp3) is 0.500. The van der Waals surface area contributed by atoms with E-state index in [4.69, 9.17) is 10.2 Å². The van der Waals surface area contributed by atoms with E-state index < -0.39 is 27.0 Å². The van der Waals surface area contributed by atoms with Crippen LogP contribution in [0, 0.1) is 0 Å². The zero-order valence-corrected chi connectivity index (χ0v) is 12.9. The van der Waals surface area contributed by atoms with Crippen LogP contribution in [0.2, 0.25) is 19.6 Å². The quantitative estimate of drug-likeness (QED) is 0.842. The van der Waals surface area contributed by atoms with E-state index in [-0.39, 0.29) is 12.4 Å². The van der Waals surface area contributed by atoms with E-state index in [9.17, 15) is 13.2 Å². The molecule has 0 fully saturated rings. The van der Waals surface area contributed by atoms with E-state index in [0.29, 0.717) is 11.3 Å². The van der Waals surface area contributed by atoms with Gasteiger partial charge in [0.25, 0.3) is 0 Å². The minimum Gasteiger partial charge on any atom is -0.544 e. The highest BCUT2D eigenvalue weighted by molar-refractivity contribution is 6.70. The topological polar surface area (TPSA) is 35.2 Å². The zero-order chi connectivity index (χ0) is 14.0. The van der Waals surface area contributed by atoms with E-state index >= 15 is 0 Å². The number of nitrogens with two attached hydrogens (primary N) is 1. The molecule has 0 bridgehead atoms. The third-order valence-corrected chi connectivity index (χ3v) is 3.03. The molecule has 0 radical (unpaired) electrons. The molecule has 0 aliphatic rings. The molecule has 0 unspecified atom stereocenters. The predicted octanol–water partition coefficient (Wildman–Crippen LogP) is 4.27. The largest absolute Gasteiger partial charge is 0.544 e. The van der Waals surface area contributed by atoms with Gasteiger partial charge in [0.2, 0.25) is 8.32 Å². The molecular weight excluding hydrogens is 295 g/mol. The van der Waals surface area contributed by atoms with Crippen LogP contribution in [0.5, 0.6) is 5.75 Å². The van der Waals surface area contributed by atoms with Gasteiger partial charge in [0.15, 0.2) is 0 Å². The van der Waals surface area contributed by atoms with Crippen LogP contribution in [0.4, 0.5) is 13.2 Å². The SMILES string of the molecule is C[Si](C)(C)Oc1ccc([C@H](N)CC(F)(F)F)cc1.Cl. The van der Waals surface area contributed by atoms with E-state index in [1.807, 2.05) is 19.6 Å².